The third kappa shape index (κ3) is 3.39. The molecular formula is C16H17BrN2O. The van der Waals surface area contributed by atoms with Gasteiger partial charge in [-0.2, -0.15) is 0 Å². The lowest BCUT2D eigenvalue weighted by Crippen LogP contribution is -2.13. The van der Waals surface area contributed by atoms with E-state index in [4.69, 9.17) is 0 Å². The molecule has 20 heavy (non-hydrogen) atoms. The summed E-state index contributed by atoms with van der Waals surface area (Å²) in [5.74, 6) is -0.100. The molecule has 4 heteroatoms. The maximum atomic E-state index is 12.2. The third-order valence-corrected chi connectivity index (χ3v) is 3.59. The van der Waals surface area contributed by atoms with E-state index in [1.165, 1.54) is 0 Å². The van der Waals surface area contributed by atoms with Crippen molar-refractivity contribution in [2.45, 2.75) is 6.92 Å². The highest BCUT2D eigenvalue weighted by Crippen LogP contribution is 2.21. The number of carbonyl (C=O) groups is 1. The predicted molar refractivity (Wildman–Crippen MR) is 87.6 cm³/mol. The molecule has 0 saturated carbocycles. The topological polar surface area (TPSA) is 32.3 Å². The van der Waals surface area contributed by atoms with Crippen molar-refractivity contribution in [3.05, 3.63) is 58.1 Å². The van der Waals surface area contributed by atoms with Crippen LogP contribution in [0.25, 0.3) is 0 Å². The zero-order chi connectivity index (χ0) is 14.7. The fourth-order valence-corrected chi connectivity index (χ4v) is 2.20. The molecule has 0 atom stereocenters. The van der Waals surface area contributed by atoms with Crippen LogP contribution in [0.3, 0.4) is 0 Å². The molecule has 0 radical (unpaired) electrons. The molecule has 0 aromatic heterocycles. The molecular weight excluding hydrogens is 316 g/mol. The molecule has 2 rings (SSSR count). The van der Waals surface area contributed by atoms with Gasteiger partial charge in [0.1, 0.15) is 0 Å². The molecule has 0 aliphatic heterocycles. The molecule has 0 unspecified atom stereocenters. The molecule has 2 aromatic rings. The Labute approximate surface area is 127 Å². The summed E-state index contributed by atoms with van der Waals surface area (Å²) < 4.78 is 0.946. The molecule has 2 aromatic carbocycles. The van der Waals surface area contributed by atoms with Crippen LogP contribution in [0.5, 0.6) is 0 Å². The Bertz CT molecular complexity index is 621. The van der Waals surface area contributed by atoms with Crippen molar-refractivity contribution in [1.82, 2.24) is 0 Å². The molecule has 0 saturated heterocycles. The van der Waals surface area contributed by atoms with Crippen LogP contribution in [0.2, 0.25) is 0 Å². The number of nitrogens with zero attached hydrogens (tertiary/aromatic N) is 1. The minimum Gasteiger partial charge on any atom is -0.378 e. The highest BCUT2D eigenvalue weighted by molar-refractivity contribution is 9.10. The number of halogens is 1. The standard InChI is InChI=1S/C16H17BrN2O/c1-11-4-7-13(17)10-15(11)18-16(20)12-5-8-14(9-6-12)19(2)3/h4-10H,1-3H3,(H,18,20). The van der Waals surface area contributed by atoms with Crippen molar-refractivity contribution in [2.24, 2.45) is 0 Å². The second-order valence-electron chi connectivity index (χ2n) is 4.85. The van der Waals surface area contributed by atoms with Gasteiger partial charge in [0.2, 0.25) is 0 Å². The number of nitrogens with one attached hydrogen (secondary N) is 1. The lowest BCUT2D eigenvalue weighted by atomic mass is 10.1. The number of amides is 1. The molecule has 1 N–H and O–H groups in total. The Morgan fingerprint density at radius 1 is 1.10 bits per heavy atom. The van der Waals surface area contributed by atoms with Crippen molar-refractivity contribution in [2.75, 3.05) is 24.3 Å². The highest BCUT2D eigenvalue weighted by Gasteiger charge is 2.08. The fraction of sp³-hybridized carbons (Fsp3) is 0.188. The van der Waals surface area contributed by atoms with Gasteiger partial charge >= 0.3 is 0 Å². The summed E-state index contributed by atoms with van der Waals surface area (Å²) in [6, 6.07) is 13.4. The predicted octanol–water partition coefficient (Wildman–Crippen LogP) is 4.08. The van der Waals surface area contributed by atoms with Crippen molar-refractivity contribution in [3.8, 4) is 0 Å². The van der Waals surface area contributed by atoms with Crippen LogP contribution < -0.4 is 10.2 Å². The average molecular weight is 333 g/mol. The summed E-state index contributed by atoms with van der Waals surface area (Å²) in [5, 5.41) is 2.93. The molecule has 104 valence electrons. The van der Waals surface area contributed by atoms with Gasteiger partial charge in [0.15, 0.2) is 0 Å². The van der Waals surface area contributed by atoms with Crippen molar-refractivity contribution >= 4 is 33.2 Å². The van der Waals surface area contributed by atoms with Crippen molar-refractivity contribution in [3.63, 3.8) is 0 Å². The third-order valence-electron chi connectivity index (χ3n) is 3.09. The summed E-state index contributed by atoms with van der Waals surface area (Å²) in [7, 11) is 3.94. The number of benzene rings is 2. The van der Waals surface area contributed by atoms with Crippen molar-refractivity contribution < 1.29 is 4.79 Å². The molecule has 0 fully saturated rings. The van der Waals surface area contributed by atoms with Gasteiger partial charge in [-0.1, -0.05) is 22.0 Å². The van der Waals surface area contributed by atoms with Gasteiger partial charge in [0, 0.05) is 35.5 Å². The van der Waals surface area contributed by atoms with Gasteiger partial charge in [-0.15, -0.1) is 0 Å². The van der Waals surface area contributed by atoms with Crippen LogP contribution in [0.15, 0.2) is 46.9 Å². The van der Waals surface area contributed by atoms with Crippen LogP contribution >= 0.6 is 15.9 Å². The Hall–Kier alpha value is -1.81. The Balaban J connectivity index is 2.17. The van der Waals surface area contributed by atoms with Gasteiger partial charge in [0.25, 0.3) is 5.91 Å². The molecule has 0 aliphatic rings. The maximum Gasteiger partial charge on any atom is 0.255 e. The summed E-state index contributed by atoms with van der Waals surface area (Å²) >= 11 is 3.41. The largest absolute Gasteiger partial charge is 0.378 e. The van der Waals surface area contributed by atoms with E-state index in [1.54, 1.807) is 0 Å². The number of hydrogen-bond acceptors (Lipinski definition) is 2. The summed E-state index contributed by atoms with van der Waals surface area (Å²) in [6.45, 7) is 1.97. The maximum absolute atomic E-state index is 12.2. The molecule has 0 bridgehead atoms. The number of carbonyl (C=O) groups excluding carboxylic acids is 1. The van der Waals surface area contributed by atoms with E-state index in [0.29, 0.717) is 5.56 Å². The summed E-state index contributed by atoms with van der Waals surface area (Å²) in [4.78, 5) is 14.2. The first kappa shape index (κ1) is 14.6. The van der Waals surface area contributed by atoms with E-state index >= 15 is 0 Å². The second-order valence-corrected chi connectivity index (χ2v) is 5.77. The number of anilines is 2. The van der Waals surface area contributed by atoms with Crippen LogP contribution in [0, 0.1) is 6.92 Å². The first-order valence-electron chi connectivity index (χ1n) is 6.32. The van der Waals surface area contributed by atoms with Crippen LogP contribution in [0.4, 0.5) is 11.4 Å². The lowest BCUT2D eigenvalue weighted by Gasteiger charge is -2.13. The Morgan fingerprint density at radius 3 is 2.35 bits per heavy atom. The smallest absolute Gasteiger partial charge is 0.255 e. The molecule has 0 spiro atoms. The molecule has 3 nitrogen and oxygen atoms in total. The number of hydrogen-bond donors (Lipinski definition) is 1. The van der Waals surface area contributed by atoms with Crippen LogP contribution in [-0.4, -0.2) is 20.0 Å². The van der Waals surface area contributed by atoms with Crippen molar-refractivity contribution in [1.29, 1.82) is 0 Å². The quantitative estimate of drug-likeness (QED) is 0.918. The van der Waals surface area contributed by atoms with E-state index in [9.17, 15) is 4.79 Å². The van der Waals surface area contributed by atoms with E-state index < -0.39 is 0 Å². The van der Waals surface area contributed by atoms with Crippen LogP contribution in [-0.2, 0) is 0 Å². The van der Waals surface area contributed by atoms with E-state index in [1.807, 2.05) is 68.4 Å². The zero-order valence-corrected chi connectivity index (χ0v) is 13.4. The Morgan fingerprint density at radius 2 is 1.75 bits per heavy atom. The summed E-state index contributed by atoms with van der Waals surface area (Å²) in [6.07, 6.45) is 0. The second kappa shape index (κ2) is 6.09. The molecule has 0 heterocycles. The lowest BCUT2D eigenvalue weighted by molar-refractivity contribution is 0.102. The van der Waals surface area contributed by atoms with Crippen LogP contribution in [0.1, 0.15) is 15.9 Å². The zero-order valence-electron chi connectivity index (χ0n) is 11.8. The SMILES string of the molecule is Cc1ccc(Br)cc1NC(=O)c1ccc(N(C)C)cc1. The Kier molecular flexibility index (Phi) is 4.45. The van der Waals surface area contributed by atoms with E-state index in [-0.39, 0.29) is 5.91 Å². The van der Waals surface area contributed by atoms with Gasteiger partial charge < -0.3 is 10.2 Å². The first-order valence-corrected chi connectivity index (χ1v) is 7.11. The van der Waals surface area contributed by atoms with E-state index in [2.05, 4.69) is 21.2 Å². The highest BCUT2D eigenvalue weighted by atomic mass is 79.9. The summed E-state index contributed by atoms with van der Waals surface area (Å²) in [5.41, 5.74) is 3.57. The monoisotopic (exact) mass is 332 g/mol. The van der Waals surface area contributed by atoms with Gasteiger partial charge in [-0.05, 0) is 48.9 Å². The van der Waals surface area contributed by atoms with Gasteiger partial charge in [-0.25, -0.2) is 0 Å². The fourth-order valence-electron chi connectivity index (χ4n) is 1.83. The normalized spacial score (nSPS) is 10.2. The minimum atomic E-state index is -0.100. The minimum absolute atomic E-state index is 0.100. The number of rotatable bonds is 3. The molecule has 1 amide bonds. The first-order chi connectivity index (χ1) is 9.47. The number of aryl methyl sites for hydroxylation is 1. The van der Waals surface area contributed by atoms with E-state index in [0.717, 1.165) is 21.4 Å². The van der Waals surface area contributed by atoms with Gasteiger partial charge in [-0.3, -0.25) is 4.79 Å². The molecule has 0 aliphatic carbocycles. The average Bonchev–Trinajstić information content (AvgIpc) is 2.43. The van der Waals surface area contributed by atoms with Gasteiger partial charge in [0.05, 0.1) is 0 Å².